The summed E-state index contributed by atoms with van der Waals surface area (Å²) in [6.07, 6.45) is 1.64. The van der Waals surface area contributed by atoms with E-state index in [1.165, 1.54) is 0 Å². The van der Waals surface area contributed by atoms with Crippen LogP contribution in [-0.2, 0) is 9.63 Å². The molecule has 0 atom stereocenters. The highest BCUT2D eigenvalue weighted by Gasteiger charge is 2.03. The third kappa shape index (κ3) is 2.23. The van der Waals surface area contributed by atoms with Crippen LogP contribution in [0.15, 0.2) is 23.7 Å². The summed E-state index contributed by atoms with van der Waals surface area (Å²) in [5.74, 6) is -0.491. The number of aliphatic carboxylic acids is 1. The molecule has 0 aliphatic heterocycles. The van der Waals surface area contributed by atoms with Crippen molar-refractivity contribution in [3.05, 3.63) is 23.7 Å². The number of anilines is 1. The monoisotopic (exact) mass is 224 g/mol. The van der Waals surface area contributed by atoms with Gasteiger partial charge in [0.25, 0.3) is 0 Å². The van der Waals surface area contributed by atoms with Gasteiger partial charge in [0.2, 0.25) is 0 Å². The van der Waals surface area contributed by atoms with Crippen LogP contribution < -0.4 is 5.48 Å². The molecule has 0 radical (unpaired) electrons. The van der Waals surface area contributed by atoms with E-state index in [2.05, 4.69) is 10.5 Å². The minimum Gasteiger partial charge on any atom is -0.479 e. The van der Waals surface area contributed by atoms with Crippen LogP contribution in [0, 0.1) is 0 Å². The molecule has 2 heterocycles. The van der Waals surface area contributed by atoms with Crippen LogP contribution in [-0.4, -0.2) is 22.7 Å². The zero-order chi connectivity index (χ0) is 10.7. The lowest BCUT2D eigenvalue weighted by molar-refractivity contribution is -0.141. The number of carbonyl (C=O) groups is 1. The number of hydrogen-bond donors (Lipinski definition) is 2. The molecule has 0 amide bonds. The predicted molar refractivity (Wildman–Crippen MR) is 56.8 cm³/mol. The van der Waals surface area contributed by atoms with Crippen LogP contribution >= 0.6 is 11.3 Å². The standard InChI is InChI=1S/C9H8N2O3S/c12-8(13)5-14-11-9-6-2-4-15-7(6)1-3-10-9/h1-4H,5H2,(H,10,11)(H,12,13). The first kappa shape index (κ1) is 9.88. The van der Waals surface area contributed by atoms with E-state index in [1.54, 1.807) is 17.5 Å². The summed E-state index contributed by atoms with van der Waals surface area (Å²) >= 11 is 1.59. The lowest BCUT2D eigenvalue weighted by Gasteiger charge is -2.04. The molecule has 0 bridgehead atoms. The number of pyridine rings is 1. The summed E-state index contributed by atoms with van der Waals surface area (Å²) < 4.78 is 1.08. The number of nitrogens with zero attached hydrogens (tertiary/aromatic N) is 1. The Kier molecular flexibility index (Phi) is 2.79. The lowest BCUT2D eigenvalue weighted by Crippen LogP contribution is -2.11. The van der Waals surface area contributed by atoms with Crippen molar-refractivity contribution < 1.29 is 14.7 Å². The van der Waals surface area contributed by atoms with Gasteiger partial charge in [0, 0.05) is 16.3 Å². The summed E-state index contributed by atoms with van der Waals surface area (Å²) in [6.45, 7) is -0.401. The molecular weight excluding hydrogens is 216 g/mol. The molecule has 2 aromatic heterocycles. The Balaban J connectivity index is 2.13. The molecule has 0 fully saturated rings. The minimum atomic E-state index is -1.03. The smallest absolute Gasteiger partial charge is 0.332 e. The quantitative estimate of drug-likeness (QED) is 0.774. The van der Waals surface area contributed by atoms with Gasteiger partial charge in [-0.15, -0.1) is 11.3 Å². The number of hydrogen-bond acceptors (Lipinski definition) is 5. The van der Waals surface area contributed by atoms with Crippen molar-refractivity contribution in [1.29, 1.82) is 0 Å². The first-order valence-electron chi connectivity index (χ1n) is 4.19. The van der Waals surface area contributed by atoms with Gasteiger partial charge in [-0.05, 0) is 17.5 Å². The fraction of sp³-hybridized carbons (Fsp3) is 0.111. The molecule has 2 rings (SSSR count). The normalized spacial score (nSPS) is 10.4. The topological polar surface area (TPSA) is 71.5 Å². The van der Waals surface area contributed by atoms with Crippen molar-refractivity contribution in [3.63, 3.8) is 0 Å². The maximum Gasteiger partial charge on any atom is 0.332 e. The second kappa shape index (κ2) is 4.24. The van der Waals surface area contributed by atoms with Crippen molar-refractivity contribution in [3.8, 4) is 0 Å². The van der Waals surface area contributed by atoms with E-state index in [0.29, 0.717) is 5.82 Å². The van der Waals surface area contributed by atoms with Crippen LogP contribution in [0.5, 0.6) is 0 Å². The largest absolute Gasteiger partial charge is 0.479 e. The van der Waals surface area contributed by atoms with Crippen LogP contribution in [0.2, 0.25) is 0 Å². The Morgan fingerprint density at radius 2 is 2.47 bits per heavy atom. The summed E-state index contributed by atoms with van der Waals surface area (Å²) in [6, 6.07) is 3.79. The average Bonchev–Trinajstić information content (AvgIpc) is 2.65. The Labute approximate surface area is 89.3 Å². The summed E-state index contributed by atoms with van der Waals surface area (Å²) in [5, 5.41) is 11.2. The highest BCUT2D eigenvalue weighted by atomic mass is 32.1. The lowest BCUT2D eigenvalue weighted by atomic mass is 10.3. The van der Waals surface area contributed by atoms with Crippen LogP contribution in [0.1, 0.15) is 0 Å². The van der Waals surface area contributed by atoms with Gasteiger partial charge in [-0.1, -0.05) is 0 Å². The molecule has 0 unspecified atom stereocenters. The second-order valence-electron chi connectivity index (χ2n) is 2.78. The fourth-order valence-electron chi connectivity index (χ4n) is 1.14. The molecule has 0 aliphatic carbocycles. The van der Waals surface area contributed by atoms with Crippen molar-refractivity contribution in [2.24, 2.45) is 0 Å². The maximum absolute atomic E-state index is 10.2. The third-order valence-electron chi connectivity index (χ3n) is 1.74. The summed E-state index contributed by atoms with van der Waals surface area (Å²) in [5.41, 5.74) is 2.52. The third-order valence-corrected chi connectivity index (χ3v) is 2.63. The minimum absolute atomic E-state index is 0.401. The molecule has 0 aliphatic rings. The van der Waals surface area contributed by atoms with E-state index in [0.717, 1.165) is 10.1 Å². The van der Waals surface area contributed by atoms with Crippen LogP contribution in [0.4, 0.5) is 5.82 Å². The van der Waals surface area contributed by atoms with Crippen molar-refractivity contribution >= 4 is 33.2 Å². The van der Waals surface area contributed by atoms with Gasteiger partial charge in [-0.2, -0.15) is 0 Å². The van der Waals surface area contributed by atoms with Gasteiger partial charge in [-0.3, -0.25) is 4.84 Å². The number of carboxylic acids is 1. The number of fused-ring (bicyclic) bond motifs is 1. The van der Waals surface area contributed by atoms with E-state index in [4.69, 9.17) is 9.94 Å². The Hall–Kier alpha value is -1.66. The van der Waals surface area contributed by atoms with Crippen molar-refractivity contribution in [2.45, 2.75) is 0 Å². The van der Waals surface area contributed by atoms with Crippen molar-refractivity contribution in [1.82, 2.24) is 4.98 Å². The van der Waals surface area contributed by atoms with E-state index in [9.17, 15) is 4.79 Å². The van der Waals surface area contributed by atoms with E-state index in [-0.39, 0.29) is 0 Å². The molecule has 15 heavy (non-hydrogen) atoms. The Morgan fingerprint density at radius 3 is 3.27 bits per heavy atom. The van der Waals surface area contributed by atoms with Gasteiger partial charge in [0.1, 0.15) is 0 Å². The Bertz CT molecular complexity index is 483. The van der Waals surface area contributed by atoms with E-state index < -0.39 is 12.6 Å². The van der Waals surface area contributed by atoms with Crippen molar-refractivity contribution in [2.75, 3.05) is 12.1 Å². The molecule has 0 saturated carbocycles. The number of rotatable bonds is 4. The zero-order valence-electron chi connectivity index (χ0n) is 7.64. The SMILES string of the molecule is O=C(O)CONc1nccc2sccc12. The second-order valence-corrected chi connectivity index (χ2v) is 3.72. The Morgan fingerprint density at radius 1 is 1.60 bits per heavy atom. The number of thiophene rings is 1. The first-order valence-corrected chi connectivity index (χ1v) is 5.07. The van der Waals surface area contributed by atoms with Gasteiger partial charge >= 0.3 is 5.97 Å². The number of aromatic nitrogens is 1. The first-order chi connectivity index (χ1) is 7.27. The number of carboxylic acid groups (broad SMARTS) is 1. The van der Waals surface area contributed by atoms with Gasteiger partial charge in [0.05, 0.1) is 0 Å². The molecule has 0 spiro atoms. The van der Waals surface area contributed by atoms with Gasteiger partial charge in [-0.25, -0.2) is 15.3 Å². The molecule has 0 saturated heterocycles. The summed E-state index contributed by atoms with van der Waals surface area (Å²) in [4.78, 5) is 19.0. The van der Waals surface area contributed by atoms with Crippen LogP contribution in [0.25, 0.3) is 10.1 Å². The fourth-order valence-corrected chi connectivity index (χ4v) is 1.92. The maximum atomic E-state index is 10.2. The van der Waals surface area contributed by atoms with Gasteiger partial charge in [0.15, 0.2) is 12.4 Å². The van der Waals surface area contributed by atoms with E-state index in [1.807, 2.05) is 17.5 Å². The molecule has 5 nitrogen and oxygen atoms in total. The highest BCUT2D eigenvalue weighted by Crippen LogP contribution is 2.25. The molecule has 78 valence electrons. The molecule has 2 aromatic rings. The van der Waals surface area contributed by atoms with Crippen LogP contribution in [0.3, 0.4) is 0 Å². The molecule has 0 aromatic carbocycles. The zero-order valence-corrected chi connectivity index (χ0v) is 8.45. The molecule has 2 N–H and O–H groups in total. The number of nitrogens with one attached hydrogen (secondary N) is 1. The van der Waals surface area contributed by atoms with Gasteiger partial charge < -0.3 is 5.11 Å². The van der Waals surface area contributed by atoms with E-state index >= 15 is 0 Å². The molecular formula is C9H8N2O3S. The average molecular weight is 224 g/mol. The molecule has 6 heteroatoms. The highest BCUT2D eigenvalue weighted by molar-refractivity contribution is 7.17. The summed E-state index contributed by atoms with van der Waals surface area (Å²) in [7, 11) is 0. The predicted octanol–water partition coefficient (Wildman–Crippen LogP) is 1.72.